The van der Waals surface area contributed by atoms with Gasteiger partial charge in [-0.1, -0.05) is 27.2 Å². The van der Waals surface area contributed by atoms with Crippen LogP contribution in [0.3, 0.4) is 0 Å². The molecular formula is C18H38N2. The number of nitrogens with one attached hydrogen (secondary N) is 1. The topological polar surface area (TPSA) is 15.3 Å². The van der Waals surface area contributed by atoms with Crippen molar-refractivity contribution in [3.63, 3.8) is 0 Å². The summed E-state index contributed by atoms with van der Waals surface area (Å²) in [6, 6.07) is 0.897. The van der Waals surface area contributed by atoms with E-state index in [1.807, 2.05) is 0 Å². The molecule has 0 amide bonds. The first-order valence-corrected chi connectivity index (χ1v) is 8.85. The monoisotopic (exact) mass is 282 g/mol. The van der Waals surface area contributed by atoms with Crippen molar-refractivity contribution < 1.29 is 0 Å². The molecule has 0 unspecified atom stereocenters. The average molecular weight is 283 g/mol. The van der Waals surface area contributed by atoms with E-state index in [4.69, 9.17) is 0 Å². The molecule has 2 heteroatoms. The molecule has 1 N–H and O–H groups in total. The maximum Gasteiger partial charge on any atom is 0.00967 e. The molecule has 1 saturated carbocycles. The Hall–Kier alpha value is -0.0800. The first-order chi connectivity index (χ1) is 9.36. The van der Waals surface area contributed by atoms with Gasteiger partial charge in [0.1, 0.15) is 0 Å². The zero-order chi connectivity index (χ0) is 15.2. The van der Waals surface area contributed by atoms with Gasteiger partial charge in [-0.05, 0) is 64.8 Å². The Bertz CT molecular complexity index is 259. The van der Waals surface area contributed by atoms with Crippen LogP contribution in [0.2, 0.25) is 0 Å². The van der Waals surface area contributed by atoms with Crippen molar-refractivity contribution in [2.24, 2.45) is 5.41 Å². The predicted octanol–water partition coefficient (Wildman–Crippen LogP) is 4.45. The summed E-state index contributed by atoms with van der Waals surface area (Å²) in [5.41, 5.74) is 0.674. The summed E-state index contributed by atoms with van der Waals surface area (Å²) in [5, 5.41) is 3.76. The van der Waals surface area contributed by atoms with E-state index < -0.39 is 0 Å². The number of unbranched alkanes of at least 4 members (excludes halogenated alkanes) is 1. The summed E-state index contributed by atoms with van der Waals surface area (Å²) >= 11 is 0. The predicted molar refractivity (Wildman–Crippen MR) is 90.3 cm³/mol. The smallest absolute Gasteiger partial charge is 0.00967 e. The maximum atomic E-state index is 3.76. The fourth-order valence-electron chi connectivity index (χ4n) is 2.85. The zero-order valence-electron chi connectivity index (χ0n) is 14.9. The van der Waals surface area contributed by atoms with Crippen LogP contribution in [0.4, 0.5) is 0 Å². The van der Waals surface area contributed by atoms with Crippen molar-refractivity contribution in [3.05, 3.63) is 0 Å². The Morgan fingerprint density at radius 1 is 1.05 bits per heavy atom. The minimum Gasteiger partial charge on any atom is -0.311 e. The van der Waals surface area contributed by atoms with Crippen LogP contribution >= 0.6 is 0 Å². The highest BCUT2D eigenvalue weighted by Crippen LogP contribution is 2.34. The number of hydrogen-bond acceptors (Lipinski definition) is 2. The van der Waals surface area contributed by atoms with Gasteiger partial charge in [0.15, 0.2) is 0 Å². The second-order valence-electron chi connectivity index (χ2n) is 7.87. The molecule has 20 heavy (non-hydrogen) atoms. The lowest BCUT2D eigenvalue weighted by Crippen LogP contribution is -2.49. The minimum absolute atomic E-state index is 0.226. The molecule has 2 nitrogen and oxygen atoms in total. The highest BCUT2D eigenvalue weighted by atomic mass is 15.2. The molecule has 1 aliphatic carbocycles. The van der Waals surface area contributed by atoms with Crippen LogP contribution in [0.5, 0.6) is 0 Å². The first kappa shape index (κ1) is 18.0. The van der Waals surface area contributed by atoms with Crippen molar-refractivity contribution in [2.45, 2.75) is 91.6 Å². The van der Waals surface area contributed by atoms with Crippen LogP contribution in [-0.2, 0) is 0 Å². The molecular weight excluding hydrogens is 244 g/mol. The second kappa shape index (κ2) is 7.79. The van der Waals surface area contributed by atoms with E-state index in [-0.39, 0.29) is 5.54 Å². The molecule has 0 aromatic carbocycles. The highest BCUT2D eigenvalue weighted by molar-refractivity contribution is 4.91. The SMILES string of the molecule is CCCCN(CC(CC)(CC)CNC(C)(C)C)C1CC1. The van der Waals surface area contributed by atoms with Gasteiger partial charge in [0, 0.05) is 24.7 Å². The normalized spacial score (nSPS) is 16.9. The maximum absolute atomic E-state index is 3.76. The molecule has 1 fully saturated rings. The van der Waals surface area contributed by atoms with Gasteiger partial charge in [-0.15, -0.1) is 0 Å². The van der Waals surface area contributed by atoms with E-state index in [1.54, 1.807) is 0 Å². The Kier molecular flexibility index (Phi) is 7.00. The fourth-order valence-corrected chi connectivity index (χ4v) is 2.85. The molecule has 1 aliphatic rings. The average Bonchev–Trinajstić information content (AvgIpc) is 3.22. The van der Waals surface area contributed by atoms with Crippen LogP contribution in [0.25, 0.3) is 0 Å². The summed E-state index contributed by atoms with van der Waals surface area (Å²) in [7, 11) is 0. The molecule has 0 aromatic heterocycles. The van der Waals surface area contributed by atoms with Crippen LogP contribution in [0.15, 0.2) is 0 Å². The number of hydrogen-bond donors (Lipinski definition) is 1. The Morgan fingerprint density at radius 3 is 2.05 bits per heavy atom. The summed E-state index contributed by atoms with van der Waals surface area (Å²) in [5.74, 6) is 0. The lowest BCUT2D eigenvalue weighted by Gasteiger charge is -2.40. The van der Waals surface area contributed by atoms with Gasteiger partial charge in [0.05, 0.1) is 0 Å². The van der Waals surface area contributed by atoms with E-state index in [1.165, 1.54) is 51.6 Å². The van der Waals surface area contributed by atoms with Crippen molar-refractivity contribution in [3.8, 4) is 0 Å². The van der Waals surface area contributed by atoms with Gasteiger partial charge in [-0.25, -0.2) is 0 Å². The van der Waals surface area contributed by atoms with Gasteiger partial charge in [0.2, 0.25) is 0 Å². The molecule has 0 aromatic rings. The zero-order valence-corrected chi connectivity index (χ0v) is 14.9. The van der Waals surface area contributed by atoms with E-state index in [0.717, 1.165) is 12.6 Å². The third kappa shape index (κ3) is 6.13. The van der Waals surface area contributed by atoms with E-state index in [9.17, 15) is 0 Å². The fraction of sp³-hybridized carbons (Fsp3) is 1.00. The summed E-state index contributed by atoms with van der Waals surface area (Å²) in [6.45, 7) is 17.6. The van der Waals surface area contributed by atoms with Gasteiger partial charge >= 0.3 is 0 Å². The Labute approximate surface area is 127 Å². The van der Waals surface area contributed by atoms with Gasteiger partial charge in [-0.3, -0.25) is 4.90 Å². The van der Waals surface area contributed by atoms with Crippen LogP contribution in [-0.4, -0.2) is 36.1 Å². The Morgan fingerprint density at radius 2 is 1.65 bits per heavy atom. The van der Waals surface area contributed by atoms with E-state index in [0.29, 0.717) is 5.41 Å². The van der Waals surface area contributed by atoms with Crippen molar-refractivity contribution >= 4 is 0 Å². The van der Waals surface area contributed by atoms with Gasteiger partial charge in [-0.2, -0.15) is 0 Å². The van der Waals surface area contributed by atoms with Gasteiger partial charge in [0.25, 0.3) is 0 Å². The lowest BCUT2D eigenvalue weighted by molar-refractivity contribution is 0.119. The summed E-state index contributed by atoms with van der Waals surface area (Å²) in [6.07, 6.45) is 8.09. The number of nitrogens with zero attached hydrogens (tertiary/aromatic N) is 1. The molecule has 0 radical (unpaired) electrons. The third-order valence-electron chi connectivity index (χ3n) is 4.89. The molecule has 0 heterocycles. The summed E-state index contributed by atoms with van der Waals surface area (Å²) < 4.78 is 0. The van der Waals surface area contributed by atoms with Crippen molar-refractivity contribution in [2.75, 3.05) is 19.6 Å². The largest absolute Gasteiger partial charge is 0.311 e. The first-order valence-electron chi connectivity index (χ1n) is 8.85. The standard InChI is InChI=1S/C18H38N2/c1-7-10-13-20(16-11-12-16)15-18(8-2,9-3)14-19-17(4,5)6/h16,19H,7-15H2,1-6H3. The van der Waals surface area contributed by atoms with Crippen molar-refractivity contribution in [1.29, 1.82) is 0 Å². The van der Waals surface area contributed by atoms with Crippen LogP contribution < -0.4 is 5.32 Å². The van der Waals surface area contributed by atoms with Crippen LogP contribution in [0, 0.1) is 5.41 Å². The quantitative estimate of drug-likeness (QED) is 0.637. The van der Waals surface area contributed by atoms with Crippen molar-refractivity contribution in [1.82, 2.24) is 10.2 Å². The molecule has 1 rings (SSSR count). The molecule has 0 aliphatic heterocycles. The highest BCUT2D eigenvalue weighted by Gasteiger charge is 2.35. The molecule has 0 atom stereocenters. The van der Waals surface area contributed by atoms with E-state index in [2.05, 4.69) is 51.8 Å². The summed E-state index contributed by atoms with van der Waals surface area (Å²) in [4.78, 5) is 2.79. The molecule has 0 bridgehead atoms. The second-order valence-corrected chi connectivity index (χ2v) is 7.87. The molecule has 0 spiro atoms. The minimum atomic E-state index is 0.226. The number of rotatable bonds is 10. The lowest BCUT2D eigenvalue weighted by atomic mass is 9.80. The third-order valence-corrected chi connectivity index (χ3v) is 4.89. The van der Waals surface area contributed by atoms with Crippen LogP contribution in [0.1, 0.15) is 80.1 Å². The Balaban J connectivity index is 2.62. The van der Waals surface area contributed by atoms with Gasteiger partial charge < -0.3 is 5.32 Å². The van der Waals surface area contributed by atoms with E-state index >= 15 is 0 Å². The molecule has 120 valence electrons. The molecule has 0 saturated heterocycles.